The Morgan fingerprint density at radius 3 is 2.50 bits per heavy atom. The van der Waals surface area contributed by atoms with E-state index in [0.29, 0.717) is 6.54 Å². The molecule has 4 N–H and O–H groups in total. The van der Waals surface area contributed by atoms with E-state index < -0.39 is 24.5 Å². The summed E-state index contributed by atoms with van der Waals surface area (Å²) in [5.41, 5.74) is 4.68. The number of amidine groups is 1. The maximum atomic E-state index is 12.6. The third kappa shape index (κ3) is 3.49. The lowest BCUT2D eigenvalue weighted by atomic mass is 9.80. The van der Waals surface area contributed by atoms with Gasteiger partial charge in [-0.3, -0.25) is 0 Å². The third-order valence-corrected chi connectivity index (χ3v) is 3.36. The maximum absolute atomic E-state index is 12.6. The Hall–Kier alpha value is -1.02. The van der Waals surface area contributed by atoms with E-state index in [2.05, 4.69) is 10.5 Å². The van der Waals surface area contributed by atoms with Crippen LogP contribution in [0.15, 0.2) is 5.16 Å². The Bertz CT molecular complexity index is 298. The molecule has 1 aliphatic rings. The molecule has 0 aliphatic heterocycles. The van der Waals surface area contributed by atoms with Crippen LogP contribution in [0.5, 0.6) is 0 Å². The lowest BCUT2D eigenvalue weighted by molar-refractivity contribution is -0.156. The minimum Gasteiger partial charge on any atom is -0.409 e. The zero-order chi connectivity index (χ0) is 13.8. The van der Waals surface area contributed by atoms with Gasteiger partial charge in [0, 0.05) is 20.2 Å². The highest BCUT2D eigenvalue weighted by atomic mass is 19.4. The van der Waals surface area contributed by atoms with Crippen LogP contribution in [0.3, 0.4) is 0 Å². The van der Waals surface area contributed by atoms with Gasteiger partial charge in [-0.15, -0.1) is 0 Å². The molecule has 106 valence electrons. The van der Waals surface area contributed by atoms with Gasteiger partial charge < -0.3 is 21.0 Å². The number of hydrogen-bond acceptors (Lipinski definition) is 4. The van der Waals surface area contributed by atoms with Crippen molar-refractivity contribution in [2.24, 2.45) is 16.8 Å². The molecule has 8 heteroatoms. The largest absolute Gasteiger partial charge is 0.409 e. The number of methoxy groups -OCH3 is 1. The SMILES string of the molecule is COC1(CNCC(C(N)=NO)C(F)(F)F)CCC1. The fourth-order valence-corrected chi connectivity index (χ4v) is 1.93. The molecule has 5 nitrogen and oxygen atoms in total. The van der Waals surface area contributed by atoms with Crippen molar-refractivity contribution in [1.29, 1.82) is 0 Å². The predicted molar refractivity (Wildman–Crippen MR) is 59.4 cm³/mol. The highest BCUT2D eigenvalue weighted by Crippen LogP contribution is 2.34. The second-order valence-electron chi connectivity index (χ2n) is 4.49. The van der Waals surface area contributed by atoms with Crippen LogP contribution in [-0.2, 0) is 4.74 Å². The first-order valence-corrected chi connectivity index (χ1v) is 5.64. The zero-order valence-electron chi connectivity index (χ0n) is 10.1. The number of ether oxygens (including phenoxy) is 1. The van der Waals surface area contributed by atoms with Crippen LogP contribution in [0, 0.1) is 5.92 Å². The summed E-state index contributed by atoms with van der Waals surface area (Å²) in [4.78, 5) is 0. The second kappa shape index (κ2) is 5.75. The van der Waals surface area contributed by atoms with Gasteiger partial charge in [0.1, 0.15) is 5.92 Å². The predicted octanol–water partition coefficient (Wildman–Crippen LogP) is 1.07. The van der Waals surface area contributed by atoms with E-state index in [4.69, 9.17) is 15.7 Å². The highest BCUT2D eigenvalue weighted by molar-refractivity contribution is 5.83. The molecule has 0 bridgehead atoms. The minimum absolute atomic E-state index is 0.328. The minimum atomic E-state index is -4.54. The second-order valence-corrected chi connectivity index (χ2v) is 4.49. The molecular weight excluding hydrogens is 251 g/mol. The van der Waals surface area contributed by atoms with Crippen molar-refractivity contribution >= 4 is 5.84 Å². The molecule has 18 heavy (non-hydrogen) atoms. The van der Waals surface area contributed by atoms with E-state index in [1.807, 2.05) is 0 Å². The average molecular weight is 269 g/mol. The molecule has 0 aromatic heterocycles. The van der Waals surface area contributed by atoms with Crippen molar-refractivity contribution in [3.63, 3.8) is 0 Å². The highest BCUT2D eigenvalue weighted by Gasteiger charge is 2.43. The molecule has 1 fully saturated rings. The summed E-state index contributed by atoms with van der Waals surface area (Å²) in [6.07, 6.45) is -1.87. The summed E-state index contributed by atoms with van der Waals surface area (Å²) < 4.78 is 43.1. The zero-order valence-corrected chi connectivity index (χ0v) is 10.1. The molecule has 0 amide bonds. The van der Waals surface area contributed by atoms with E-state index in [-0.39, 0.29) is 5.60 Å². The monoisotopic (exact) mass is 269 g/mol. The molecule has 0 spiro atoms. The summed E-state index contributed by atoms with van der Waals surface area (Å²) in [6, 6.07) is 0. The number of nitrogens with one attached hydrogen (secondary N) is 1. The smallest absolute Gasteiger partial charge is 0.400 e. The van der Waals surface area contributed by atoms with Crippen molar-refractivity contribution < 1.29 is 23.1 Å². The van der Waals surface area contributed by atoms with Crippen LogP contribution in [-0.4, -0.2) is 43.0 Å². The van der Waals surface area contributed by atoms with Gasteiger partial charge >= 0.3 is 6.18 Å². The van der Waals surface area contributed by atoms with Gasteiger partial charge in [0.25, 0.3) is 0 Å². The number of alkyl halides is 3. The van der Waals surface area contributed by atoms with E-state index in [1.165, 1.54) is 0 Å². The van der Waals surface area contributed by atoms with Gasteiger partial charge in [0.05, 0.1) is 5.60 Å². The molecule has 0 radical (unpaired) electrons. The molecule has 1 saturated carbocycles. The summed E-state index contributed by atoms with van der Waals surface area (Å²) in [6.45, 7) is -0.0979. The fourth-order valence-electron chi connectivity index (χ4n) is 1.93. The summed E-state index contributed by atoms with van der Waals surface area (Å²) in [5.74, 6) is -2.83. The van der Waals surface area contributed by atoms with Gasteiger partial charge in [0.15, 0.2) is 5.84 Å². The molecule has 1 rings (SSSR count). The van der Waals surface area contributed by atoms with Crippen LogP contribution in [0.25, 0.3) is 0 Å². The summed E-state index contributed by atoms with van der Waals surface area (Å²) in [5, 5.41) is 13.5. The first-order chi connectivity index (χ1) is 8.34. The van der Waals surface area contributed by atoms with Crippen molar-refractivity contribution in [2.75, 3.05) is 20.2 Å². The van der Waals surface area contributed by atoms with E-state index in [9.17, 15) is 13.2 Å². The number of hydrogen-bond donors (Lipinski definition) is 3. The normalized spacial score (nSPS) is 21.4. The number of rotatable bonds is 6. The van der Waals surface area contributed by atoms with Crippen molar-refractivity contribution in [3.05, 3.63) is 0 Å². The van der Waals surface area contributed by atoms with Crippen molar-refractivity contribution in [3.8, 4) is 0 Å². The van der Waals surface area contributed by atoms with Crippen LogP contribution in [0.4, 0.5) is 13.2 Å². The van der Waals surface area contributed by atoms with E-state index in [1.54, 1.807) is 7.11 Å². The number of nitrogens with two attached hydrogens (primary N) is 1. The summed E-state index contributed by atoms with van der Waals surface area (Å²) in [7, 11) is 1.55. The molecule has 1 aliphatic carbocycles. The molecule has 1 atom stereocenters. The lowest BCUT2D eigenvalue weighted by Gasteiger charge is -2.41. The Morgan fingerprint density at radius 2 is 2.17 bits per heavy atom. The average Bonchev–Trinajstić information content (AvgIpc) is 2.24. The van der Waals surface area contributed by atoms with Crippen molar-refractivity contribution in [1.82, 2.24) is 5.32 Å². The Kier molecular flexibility index (Phi) is 4.80. The quantitative estimate of drug-likeness (QED) is 0.292. The lowest BCUT2D eigenvalue weighted by Crippen LogP contribution is -2.51. The Labute approximate surface area is 103 Å². The standard InChI is InChI=1S/C10H18F3N3O2/c1-18-9(3-2-4-9)6-15-5-7(8(14)16-17)10(11,12)13/h7,15,17H,2-6H2,1H3,(H2,14,16). The number of nitrogens with zero attached hydrogens (tertiary/aromatic N) is 1. The number of oxime groups is 1. The van der Waals surface area contributed by atoms with E-state index in [0.717, 1.165) is 19.3 Å². The van der Waals surface area contributed by atoms with Gasteiger partial charge in [-0.2, -0.15) is 13.2 Å². The van der Waals surface area contributed by atoms with Gasteiger partial charge in [-0.25, -0.2) is 0 Å². The maximum Gasteiger partial charge on any atom is 0.400 e. The molecule has 0 aromatic carbocycles. The molecule has 1 unspecified atom stereocenters. The number of halogens is 3. The fraction of sp³-hybridized carbons (Fsp3) is 0.900. The third-order valence-electron chi connectivity index (χ3n) is 3.36. The molecular formula is C10H18F3N3O2. The molecule has 0 heterocycles. The van der Waals surface area contributed by atoms with Gasteiger partial charge in [0.2, 0.25) is 0 Å². The molecule has 0 aromatic rings. The van der Waals surface area contributed by atoms with Crippen LogP contribution in [0.1, 0.15) is 19.3 Å². The first-order valence-electron chi connectivity index (χ1n) is 5.64. The Morgan fingerprint density at radius 1 is 1.56 bits per heavy atom. The van der Waals surface area contributed by atoms with Crippen LogP contribution in [0.2, 0.25) is 0 Å². The van der Waals surface area contributed by atoms with E-state index >= 15 is 0 Å². The topological polar surface area (TPSA) is 79.9 Å². The molecule has 0 saturated heterocycles. The first kappa shape index (κ1) is 15.0. The van der Waals surface area contributed by atoms with Crippen LogP contribution < -0.4 is 11.1 Å². The Balaban J connectivity index is 2.48. The summed E-state index contributed by atoms with van der Waals surface area (Å²) >= 11 is 0. The van der Waals surface area contributed by atoms with Gasteiger partial charge in [-0.1, -0.05) is 5.16 Å². The van der Waals surface area contributed by atoms with Crippen molar-refractivity contribution in [2.45, 2.75) is 31.0 Å². The van der Waals surface area contributed by atoms with Crippen LogP contribution >= 0.6 is 0 Å². The van der Waals surface area contributed by atoms with Gasteiger partial charge in [-0.05, 0) is 19.3 Å².